The minimum Gasteiger partial charge on any atom is -0.352 e. The first-order chi connectivity index (χ1) is 8.04. The first kappa shape index (κ1) is 13.4. The van der Waals surface area contributed by atoms with Crippen molar-refractivity contribution in [1.29, 1.82) is 0 Å². The molecule has 0 saturated carbocycles. The van der Waals surface area contributed by atoms with Gasteiger partial charge in [0.15, 0.2) is 0 Å². The van der Waals surface area contributed by atoms with E-state index in [0.717, 1.165) is 12.8 Å². The number of nitrogens with one attached hydrogen (secondary N) is 1. The Morgan fingerprint density at radius 2 is 2.18 bits per heavy atom. The number of rotatable bonds is 5. The van der Waals surface area contributed by atoms with Crippen molar-refractivity contribution in [2.24, 2.45) is 0 Å². The summed E-state index contributed by atoms with van der Waals surface area (Å²) in [6.07, 6.45) is 1.84. The summed E-state index contributed by atoms with van der Waals surface area (Å²) >= 11 is 5.72. The van der Waals surface area contributed by atoms with Crippen LogP contribution in [0.2, 0.25) is 5.02 Å². The number of hydrogen-bond acceptors (Lipinski definition) is 3. The molecule has 1 aromatic rings. The predicted molar refractivity (Wildman–Crippen MR) is 65.3 cm³/mol. The molecule has 0 heterocycles. The predicted octanol–water partition coefficient (Wildman–Crippen LogP) is 2.78. The maximum absolute atomic E-state index is 11.7. The minimum absolute atomic E-state index is 0.180. The van der Waals surface area contributed by atoms with Crippen molar-refractivity contribution in [2.75, 3.05) is 6.54 Å². The molecular weight excluding hydrogens is 244 g/mol. The van der Waals surface area contributed by atoms with Gasteiger partial charge in [0, 0.05) is 29.3 Å². The van der Waals surface area contributed by atoms with E-state index in [4.69, 9.17) is 11.6 Å². The number of unbranched alkanes of at least 4 members (excludes halogenated alkanes) is 1. The second-order valence-electron chi connectivity index (χ2n) is 3.56. The van der Waals surface area contributed by atoms with Crippen LogP contribution in [-0.2, 0) is 0 Å². The van der Waals surface area contributed by atoms with Crippen LogP contribution in [0.15, 0.2) is 18.2 Å². The third kappa shape index (κ3) is 4.03. The van der Waals surface area contributed by atoms with E-state index in [-0.39, 0.29) is 22.2 Å². The molecule has 1 rings (SSSR count). The molecule has 0 aliphatic carbocycles. The summed E-state index contributed by atoms with van der Waals surface area (Å²) in [6.45, 7) is 2.56. The van der Waals surface area contributed by atoms with Crippen molar-refractivity contribution in [3.05, 3.63) is 38.9 Å². The molecule has 0 unspecified atom stereocenters. The second kappa shape index (κ2) is 6.20. The lowest BCUT2D eigenvalue weighted by atomic mass is 10.2. The fraction of sp³-hybridized carbons (Fsp3) is 0.364. The zero-order chi connectivity index (χ0) is 12.8. The van der Waals surface area contributed by atoms with Crippen molar-refractivity contribution < 1.29 is 9.72 Å². The van der Waals surface area contributed by atoms with E-state index < -0.39 is 4.92 Å². The summed E-state index contributed by atoms with van der Waals surface area (Å²) in [7, 11) is 0. The Kier molecular flexibility index (Phi) is 4.90. The molecule has 0 bridgehead atoms. The lowest BCUT2D eigenvalue weighted by Crippen LogP contribution is -2.24. The summed E-state index contributed by atoms with van der Waals surface area (Å²) < 4.78 is 0. The highest BCUT2D eigenvalue weighted by atomic mass is 35.5. The molecule has 0 aromatic heterocycles. The number of carbonyl (C=O) groups is 1. The molecule has 5 nitrogen and oxygen atoms in total. The number of amides is 1. The number of non-ortho nitro benzene ring substituents is 1. The smallest absolute Gasteiger partial charge is 0.271 e. The van der Waals surface area contributed by atoms with E-state index in [0.29, 0.717) is 6.54 Å². The van der Waals surface area contributed by atoms with Crippen LogP contribution in [-0.4, -0.2) is 17.4 Å². The van der Waals surface area contributed by atoms with Gasteiger partial charge >= 0.3 is 0 Å². The highest BCUT2D eigenvalue weighted by Gasteiger charge is 2.13. The van der Waals surface area contributed by atoms with Crippen LogP contribution in [0.1, 0.15) is 30.1 Å². The molecular formula is C11H13ClN2O3. The number of hydrogen-bond donors (Lipinski definition) is 1. The van der Waals surface area contributed by atoms with Gasteiger partial charge in [-0.1, -0.05) is 24.9 Å². The molecule has 0 spiro atoms. The van der Waals surface area contributed by atoms with E-state index >= 15 is 0 Å². The van der Waals surface area contributed by atoms with Gasteiger partial charge in [-0.2, -0.15) is 0 Å². The summed E-state index contributed by atoms with van der Waals surface area (Å²) in [5, 5.41) is 13.5. The molecule has 0 fully saturated rings. The molecule has 92 valence electrons. The van der Waals surface area contributed by atoms with Crippen molar-refractivity contribution in [3.63, 3.8) is 0 Å². The third-order valence-corrected chi connectivity index (χ3v) is 2.39. The van der Waals surface area contributed by atoms with E-state index in [1.54, 1.807) is 0 Å². The summed E-state index contributed by atoms with van der Waals surface area (Å²) in [4.78, 5) is 21.7. The van der Waals surface area contributed by atoms with Crippen molar-refractivity contribution in [2.45, 2.75) is 19.8 Å². The Hall–Kier alpha value is -1.62. The van der Waals surface area contributed by atoms with Gasteiger partial charge in [0.1, 0.15) is 0 Å². The maximum atomic E-state index is 11.7. The Labute approximate surface area is 104 Å². The highest BCUT2D eigenvalue weighted by molar-refractivity contribution is 6.31. The number of halogens is 1. The van der Waals surface area contributed by atoms with Gasteiger partial charge in [0.05, 0.1) is 4.92 Å². The zero-order valence-corrected chi connectivity index (χ0v) is 10.2. The van der Waals surface area contributed by atoms with E-state index in [1.165, 1.54) is 18.2 Å². The van der Waals surface area contributed by atoms with Gasteiger partial charge in [-0.25, -0.2) is 0 Å². The first-order valence-corrected chi connectivity index (χ1v) is 5.65. The molecule has 0 radical (unpaired) electrons. The Morgan fingerprint density at radius 1 is 1.47 bits per heavy atom. The average molecular weight is 257 g/mol. The fourth-order valence-corrected chi connectivity index (χ4v) is 1.52. The van der Waals surface area contributed by atoms with Crippen LogP contribution in [0.3, 0.4) is 0 Å². The molecule has 6 heteroatoms. The minimum atomic E-state index is -0.575. The summed E-state index contributed by atoms with van der Waals surface area (Å²) in [5.41, 5.74) is 0.0263. The summed E-state index contributed by atoms with van der Waals surface area (Å²) in [6, 6.07) is 3.84. The molecule has 17 heavy (non-hydrogen) atoms. The van der Waals surface area contributed by atoms with Crippen LogP contribution in [0.4, 0.5) is 5.69 Å². The van der Waals surface area contributed by atoms with Gasteiger partial charge < -0.3 is 5.32 Å². The lowest BCUT2D eigenvalue weighted by molar-refractivity contribution is -0.384. The van der Waals surface area contributed by atoms with Crippen molar-refractivity contribution >= 4 is 23.2 Å². The molecule has 0 aliphatic heterocycles. The molecule has 0 atom stereocenters. The fourth-order valence-electron chi connectivity index (χ4n) is 1.29. The van der Waals surface area contributed by atoms with Crippen LogP contribution < -0.4 is 5.32 Å². The monoisotopic (exact) mass is 256 g/mol. The zero-order valence-electron chi connectivity index (χ0n) is 9.40. The molecule has 0 saturated heterocycles. The number of nitrogens with zero attached hydrogens (tertiary/aromatic N) is 1. The van der Waals surface area contributed by atoms with Gasteiger partial charge in [-0.05, 0) is 12.5 Å². The van der Waals surface area contributed by atoms with Crippen LogP contribution in [0.25, 0.3) is 0 Å². The van der Waals surface area contributed by atoms with Crippen LogP contribution in [0.5, 0.6) is 0 Å². The second-order valence-corrected chi connectivity index (χ2v) is 4.00. The average Bonchev–Trinajstić information content (AvgIpc) is 2.28. The van der Waals surface area contributed by atoms with Crippen LogP contribution >= 0.6 is 11.6 Å². The van der Waals surface area contributed by atoms with E-state index in [1.807, 2.05) is 6.92 Å². The third-order valence-electron chi connectivity index (χ3n) is 2.17. The number of nitro benzene ring substituents is 1. The maximum Gasteiger partial charge on any atom is 0.271 e. The molecule has 1 N–H and O–H groups in total. The number of benzene rings is 1. The summed E-state index contributed by atoms with van der Waals surface area (Å²) in [5.74, 6) is -0.343. The normalized spacial score (nSPS) is 10.0. The molecule has 0 aliphatic rings. The Balaban J connectivity index is 2.82. The largest absolute Gasteiger partial charge is 0.352 e. The Morgan fingerprint density at radius 3 is 2.76 bits per heavy atom. The van der Waals surface area contributed by atoms with Crippen molar-refractivity contribution in [1.82, 2.24) is 5.32 Å². The van der Waals surface area contributed by atoms with Crippen molar-refractivity contribution in [3.8, 4) is 0 Å². The van der Waals surface area contributed by atoms with Gasteiger partial charge in [0.25, 0.3) is 11.6 Å². The van der Waals surface area contributed by atoms with E-state index in [2.05, 4.69) is 5.32 Å². The topological polar surface area (TPSA) is 72.2 Å². The van der Waals surface area contributed by atoms with E-state index in [9.17, 15) is 14.9 Å². The lowest BCUT2D eigenvalue weighted by Gasteiger charge is -2.04. The highest BCUT2D eigenvalue weighted by Crippen LogP contribution is 2.20. The standard InChI is InChI=1S/C11H13ClN2O3/c1-2-3-4-13-11(15)8-5-9(12)7-10(6-8)14(16)17/h5-7H,2-4H2,1H3,(H,13,15). The van der Waals surface area contributed by atoms with Gasteiger partial charge in [0.2, 0.25) is 0 Å². The van der Waals surface area contributed by atoms with Gasteiger partial charge in [-0.3, -0.25) is 14.9 Å². The molecule has 1 amide bonds. The number of nitro groups is 1. The molecule has 1 aromatic carbocycles. The first-order valence-electron chi connectivity index (χ1n) is 5.27. The van der Waals surface area contributed by atoms with Crippen LogP contribution in [0, 0.1) is 10.1 Å². The van der Waals surface area contributed by atoms with Gasteiger partial charge in [-0.15, -0.1) is 0 Å². The SMILES string of the molecule is CCCCNC(=O)c1cc(Cl)cc([N+](=O)[O-])c1. The number of carbonyl (C=O) groups excluding carboxylic acids is 1. The quantitative estimate of drug-likeness (QED) is 0.500. The Bertz CT molecular complexity index is 435.